The quantitative estimate of drug-likeness (QED) is 0.626. The minimum absolute atomic E-state index is 0.485. The first-order chi connectivity index (χ1) is 11.2. The van der Waals surface area contributed by atoms with Gasteiger partial charge >= 0.3 is 0 Å². The van der Waals surface area contributed by atoms with Crippen LogP contribution in [-0.4, -0.2) is 11.3 Å². The number of benzene rings is 2. The molecule has 0 aliphatic rings. The Labute approximate surface area is 143 Å². The van der Waals surface area contributed by atoms with Gasteiger partial charge in [0.15, 0.2) is 0 Å². The molecule has 1 N–H and O–H groups in total. The second-order valence-electron chi connectivity index (χ2n) is 4.93. The van der Waals surface area contributed by atoms with Crippen LogP contribution in [0.3, 0.4) is 0 Å². The molecule has 0 saturated heterocycles. The summed E-state index contributed by atoms with van der Waals surface area (Å²) in [6.07, 6.45) is 2.58. The molecule has 0 unspecified atom stereocenters. The molecule has 5 heteroatoms. The SMILES string of the molecule is O=Cc1cccc(-c2ccc(Nc3ccc(Cl)c(Cl)c3)nc2)c1. The van der Waals surface area contributed by atoms with Crippen LogP contribution in [0.25, 0.3) is 11.1 Å². The molecule has 3 rings (SSSR count). The Morgan fingerprint density at radius 3 is 2.48 bits per heavy atom. The van der Waals surface area contributed by atoms with Crippen LogP contribution in [0.5, 0.6) is 0 Å². The van der Waals surface area contributed by atoms with Crippen LogP contribution in [0.2, 0.25) is 10.0 Å². The van der Waals surface area contributed by atoms with Gasteiger partial charge in [0, 0.05) is 23.0 Å². The van der Waals surface area contributed by atoms with Crippen molar-refractivity contribution in [2.24, 2.45) is 0 Å². The highest BCUT2D eigenvalue weighted by Gasteiger charge is 2.03. The molecule has 114 valence electrons. The molecule has 3 nitrogen and oxygen atoms in total. The second-order valence-corrected chi connectivity index (χ2v) is 5.74. The molecule has 0 aliphatic carbocycles. The fourth-order valence-electron chi connectivity index (χ4n) is 2.15. The van der Waals surface area contributed by atoms with Gasteiger partial charge < -0.3 is 5.32 Å². The lowest BCUT2D eigenvalue weighted by Gasteiger charge is -2.08. The third-order valence-electron chi connectivity index (χ3n) is 3.31. The summed E-state index contributed by atoms with van der Waals surface area (Å²) in [6.45, 7) is 0. The molecule has 3 aromatic rings. The number of pyridine rings is 1. The first kappa shape index (κ1) is 15.5. The number of hydrogen-bond acceptors (Lipinski definition) is 3. The zero-order valence-corrected chi connectivity index (χ0v) is 13.5. The van der Waals surface area contributed by atoms with Crippen molar-refractivity contribution >= 4 is 41.0 Å². The first-order valence-corrected chi connectivity index (χ1v) is 7.65. The Kier molecular flexibility index (Phi) is 4.60. The largest absolute Gasteiger partial charge is 0.340 e. The Balaban J connectivity index is 1.81. The van der Waals surface area contributed by atoms with Crippen molar-refractivity contribution in [3.05, 3.63) is 76.4 Å². The smallest absolute Gasteiger partial charge is 0.150 e. The van der Waals surface area contributed by atoms with Crippen molar-refractivity contribution in [1.29, 1.82) is 0 Å². The van der Waals surface area contributed by atoms with E-state index in [0.29, 0.717) is 21.4 Å². The van der Waals surface area contributed by atoms with Crippen LogP contribution in [0.4, 0.5) is 11.5 Å². The maximum Gasteiger partial charge on any atom is 0.150 e. The van der Waals surface area contributed by atoms with E-state index in [1.165, 1.54) is 0 Å². The molecule has 0 spiro atoms. The zero-order valence-electron chi connectivity index (χ0n) is 12.0. The van der Waals surface area contributed by atoms with E-state index in [-0.39, 0.29) is 0 Å². The van der Waals surface area contributed by atoms with Crippen molar-refractivity contribution in [3.8, 4) is 11.1 Å². The average molecular weight is 343 g/mol. The predicted molar refractivity (Wildman–Crippen MR) is 94.8 cm³/mol. The van der Waals surface area contributed by atoms with E-state index >= 15 is 0 Å². The highest BCUT2D eigenvalue weighted by molar-refractivity contribution is 6.42. The standard InChI is InChI=1S/C18H12Cl2N2O/c19-16-6-5-15(9-17(16)20)22-18-7-4-14(10-21-18)13-3-1-2-12(8-13)11-23/h1-11H,(H,21,22). The van der Waals surface area contributed by atoms with Gasteiger partial charge in [-0.3, -0.25) is 4.79 Å². The van der Waals surface area contributed by atoms with Crippen molar-refractivity contribution in [2.75, 3.05) is 5.32 Å². The lowest BCUT2D eigenvalue weighted by atomic mass is 10.1. The molecule has 2 aromatic carbocycles. The number of carbonyl (C=O) groups excluding carboxylic acids is 1. The molecule has 0 radical (unpaired) electrons. The Bertz CT molecular complexity index is 848. The van der Waals surface area contributed by atoms with Crippen LogP contribution in [0.1, 0.15) is 10.4 Å². The topological polar surface area (TPSA) is 42.0 Å². The summed E-state index contributed by atoms with van der Waals surface area (Å²) >= 11 is 11.9. The van der Waals surface area contributed by atoms with Gasteiger partial charge in [-0.2, -0.15) is 0 Å². The number of aldehydes is 1. The van der Waals surface area contributed by atoms with Crippen molar-refractivity contribution in [1.82, 2.24) is 4.98 Å². The van der Waals surface area contributed by atoms with Gasteiger partial charge in [0.2, 0.25) is 0 Å². The number of hydrogen-bond donors (Lipinski definition) is 1. The molecule has 1 aromatic heterocycles. The van der Waals surface area contributed by atoms with Gasteiger partial charge in [-0.1, -0.05) is 41.4 Å². The second kappa shape index (κ2) is 6.82. The van der Waals surface area contributed by atoms with Gasteiger partial charge in [-0.25, -0.2) is 4.98 Å². The molecule has 23 heavy (non-hydrogen) atoms. The molecule has 1 heterocycles. The molecule has 0 saturated carbocycles. The normalized spacial score (nSPS) is 10.3. The van der Waals surface area contributed by atoms with Crippen LogP contribution in [0, 0.1) is 0 Å². The molecule has 0 fully saturated rings. The van der Waals surface area contributed by atoms with Crippen molar-refractivity contribution in [3.63, 3.8) is 0 Å². The van der Waals surface area contributed by atoms with E-state index in [1.807, 2.05) is 36.4 Å². The summed E-state index contributed by atoms with van der Waals surface area (Å²) in [6, 6.07) is 16.5. The number of nitrogens with one attached hydrogen (secondary N) is 1. The third kappa shape index (κ3) is 3.70. The number of aromatic nitrogens is 1. The summed E-state index contributed by atoms with van der Waals surface area (Å²) < 4.78 is 0. The third-order valence-corrected chi connectivity index (χ3v) is 4.05. The van der Waals surface area contributed by atoms with Crippen LogP contribution in [0.15, 0.2) is 60.8 Å². The summed E-state index contributed by atoms with van der Waals surface area (Å²) in [5, 5.41) is 4.16. The average Bonchev–Trinajstić information content (AvgIpc) is 2.59. The van der Waals surface area contributed by atoms with Crippen LogP contribution in [-0.2, 0) is 0 Å². The van der Waals surface area contributed by atoms with Gasteiger partial charge in [0.05, 0.1) is 10.0 Å². The molecular weight excluding hydrogens is 331 g/mol. The fraction of sp³-hybridized carbons (Fsp3) is 0. The minimum Gasteiger partial charge on any atom is -0.340 e. The predicted octanol–water partition coefficient (Wildman–Crippen LogP) is 5.61. The van der Waals surface area contributed by atoms with E-state index in [0.717, 1.165) is 23.1 Å². The Morgan fingerprint density at radius 2 is 1.78 bits per heavy atom. The highest BCUT2D eigenvalue weighted by Crippen LogP contribution is 2.27. The van der Waals surface area contributed by atoms with Gasteiger partial charge in [-0.05, 0) is 42.0 Å². The van der Waals surface area contributed by atoms with E-state index in [1.54, 1.807) is 24.4 Å². The van der Waals surface area contributed by atoms with Crippen molar-refractivity contribution < 1.29 is 4.79 Å². The van der Waals surface area contributed by atoms with Crippen LogP contribution >= 0.6 is 23.2 Å². The van der Waals surface area contributed by atoms with E-state index in [9.17, 15) is 4.79 Å². The van der Waals surface area contributed by atoms with Crippen LogP contribution < -0.4 is 5.32 Å². The maximum atomic E-state index is 10.9. The summed E-state index contributed by atoms with van der Waals surface area (Å²) in [4.78, 5) is 15.2. The number of nitrogens with zero attached hydrogens (tertiary/aromatic N) is 1. The molecular formula is C18H12Cl2N2O. The first-order valence-electron chi connectivity index (χ1n) is 6.89. The molecule has 0 amide bonds. The maximum absolute atomic E-state index is 10.9. The van der Waals surface area contributed by atoms with Gasteiger partial charge in [-0.15, -0.1) is 0 Å². The van der Waals surface area contributed by atoms with Gasteiger partial charge in [0.25, 0.3) is 0 Å². The number of halogens is 2. The number of anilines is 2. The molecule has 0 aliphatic heterocycles. The minimum atomic E-state index is 0.485. The zero-order chi connectivity index (χ0) is 16.2. The number of carbonyl (C=O) groups is 1. The summed E-state index contributed by atoms with van der Waals surface area (Å²) in [7, 11) is 0. The Hall–Kier alpha value is -2.36. The Morgan fingerprint density at radius 1 is 0.913 bits per heavy atom. The monoisotopic (exact) mass is 342 g/mol. The van der Waals surface area contributed by atoms with E-state index in [4.69, 9.17) is 23.2 Å². The van der Waals surface area contributed by atoms with Gasteiger partial charge in [0.1, 0.15) is 12.1 Å². The lowest BCUT2D eigenvalue weighted by molar-refractivity contribution is 0.112. The van der Waals surface area contributed by atoms with E-state index in [2.05, 4.69) is 10.3 Å². The molecule has 0 bridgehead atoms. The summed E-state index contributed by atoms with van der Waals surface area (Å²) in [5.74, 6) is 0.693. The van der Waals surface area contributed by atoms with E-state index < -0.39 is 0 Å². The highest BCUT2D eigenvalue weighted by atomic mass is 35.5. The molecule has 0 atom stereocenters. The number of rotatable bonds is 4. The van der Waals surface area contributed by atoms with Crippen molar-refractivity contribution in [2.45, 2.75) is 0 Å². The lowest BCUT2D eigenvalue weighted by Crippen LogP contribution is -1.93. The fourth-order valence-corrected chi connectivity index (χ4v) is 2.45. The summed E-state index contributed by atoms with van der Waals surface area (Å²) in [5.41, 5.74) is 3.33.